The maximum absolute atomic E-state index is 6.59. The quantitative estimate of drug-likeness (QED) is 0.0271. The van der Waals surface area contributed by atoms with Crippen LogP contribution in [0.25, 0.3) is 0 Å². The molecule has 0 aromatic carbocycles. The van der Waals surface area contributed by atoms with Crippen LogP contribution in [0.3, 0.4) is 0 Å². The van der Waals surface area contributed by atoms with Gasteiger partial charge in [-0.3, -0.25) is 0 Å². The molecule has 0 N–H and O–H groups in total. The molecule has 0 saturated heterocycles. The van der Waals surface area contributed by atoms with Crippen LogP contribution < -0.4 is 0 Å². The van der Waals surface area contributed by atoms with Crippen molar-refractivity contribution in [2.75, 3.05) is 37.9 Å². The smallest absolute Gasteiger partial charge is 0.145 e. The fraction of sp³-hybridized carbons (Fsp3) is 1.00. The van der Waals surface area contributed by atoms with E-state index in [1.807, 2.05) is 41.2 Å². The lowest BCUT2D eigenvalue weighted by molar-refractivity contribution is -0.186. The highest BCUT2D eigenvalue weighted by atomic mass is 33.7. The Labute approximate surface area is 295 Å². The van der Waals surface area contributed by atoms with Crippen LogP contribution in [0.2, 0.25) is 12.1 Å². The third kappa shape index (κ3) is 26.6. The molecule has 0 bridgehead atoms. The summed E-state index contributed by atoms with van der Waals surface area (Å²) in [5.41, 5.74) is -0.480. The SMILES string of the molecule is CCCCC[SiH2]C(CCCSSSSCCCC(OCCCC)(OCCCC)[SiH2]CCCCC)(OCCCC)OCCCC. The predicted molar refractivity (Wildman–Crippen MR) is 213 cm³/mol. The molecule has 0 amide bonds. The lowest BCUT2D eigenvalue weighted by Gasteiger charge is -2.34. The Morgan fingerprint density at radius 2 is 0.727 bits per heavy atom. The van der Waals surface area contributed by atoms with Crippen LogP contribution in [0.5, 0.6) is 0 Å². The van der Waals surface area contributed by atoms with Gasteiger partial charge in [0.2, 0.25) is 0 Å². The molecule has 0 aromatic rings. The van der Waals surface area contributed by atoms with E-state index in [2.05, 4.69) is 41.5 Å². The number of unbranched alkanes of at least 4 members (excludes halogenated alkanes) is 8. The summed E-state index contributed by atoms with van der Waals surface area (Å²) in [6, 6.07) is 2.69. The average Bonchev–Trinajstić information content (AvgIpc) is 3.03. The van der Waals surface area contributed by atoms with Crippen molar-refractivity contribution in [2.45, 2.75) is 180 Å². The van der Waals surface area contributed by atoms with Gasteiger partial charge in [-0.1, -0.05) is 139 Å². The maximum atomic E-state index is 6.59. The number of ether oxygens (including phenoxy) is 4. The molecule has 4 nitrogen and oxygen atoms in total. The van der Waals surface area contributed by atoms with Gasteiger partial charge >= 0.3 is 0 Å². The van der Waals surface area contributed by atoms with Gasteiger partial charge in [-0.2, -0.15) is 0 Å². The van der Waals surface area contributed by atoms with Gasteiger partial charge in [0, 0.05) is 37.9 Å². The van der Waals surface area contributed by atoms with Gasteiger partial charge in [0.15, 0.2) is 0 Å². The maximum Gasteiger partial charge on any atom is 0.145 e. The molecule has 266 valence electrons. The first-order valence-corrected chi connectivity index (χ1v) is 27.3. The number of hydrogen-bond acceptors (Lipinski definition) is 8. The van der Waals surface area contributed by atoms with E-state index >= 15 is 0 Å². The fourth-order valence-electron chi connectivity index (χ4n) is 5.07. The van der Waals surface area contributed by atoms with Crippen LogP contribution in [0, 0.1) is 0 Å². The van der Waals surface area contributed by atoms with E-state index in [0.717, 1.165) is 65.0 Å². The third-order valence-electron chi connectivity index (χ3n) is 7.97. The van der Waals surface area contributed by atoms with Gasteiger partial charge < -0.3 is 18.9 Å². The molecule has 0 aliphatic carbocycles. The summed E-state index contributed by atoms with van der Waals surface area (Å²) in [6.45, 7) is 17.0. The second-order valence-electron chi connectivity index (χ2n) is 12.2. The summed E-state index contributed by atoms with van der Waals surface area (Å²) in [4.78, 5) is 0. The molecule has 0 spiro atoms. The van der Waals surface area contributed by atoms with Gasteiger partial charge in [-0.15, -0.1) is 0 Å². The summed E-state index contributed by atoms with van der Waals surface area (Å²) in [7, 11) is 7.06. The highest BCUT2D eigenvalue weighted by Gasteiger charge is 2.32. The molecule has 0 atom stereocenters. The van der Waals surface area contributed by atoms with Crippen molar-refractivity contribution in [1.82, 2.24) is 0 Å². The minimum absolute atomic E-state index is 0.240. The van der Waals surface area contributed by atoms with Crippen molar-refractivity contribution in [3.05, 3.63) is 0 Å². The molecular formula is C34H74O4S4Si2. The Hall–Kier alpha value is 1.67. The number of rotatable bonds is 37. The Morgan fingerprint density at radius 1 is 0.409 bits per heavy atom. The van der Waals surface area contributed by atoms with E-state index in [4.69, 9.17) is 18.9 Å². The van der Waals surface area contributed by atoms with Crippen molar-refractivity contribution in [3.8, 4) is 0 Å². The molecule has 0 fully saturated rings. The van der Waals surface area contributed by atoms with Gasteiger partial charge in [0.1, 0.15) is 10.8 Å². The minimum Gasteiger partial charge on any atom is -0.354 e. The first-order chi connectivity index (χ1) is 21.6. The summed E-state index contributed by atoms with van der Waals surface area (Å²) in [6.07, 6.45) is 21.7. The monoisotopic (exact) mass is 730 g/mol. The van der Waals surface area contributed by atoms with E-state index in [1.165, 1.54) is 101 Å². The first kappa shape index (κ1) is 45.7. The van der Waals surface area contributed by atoms with Crippen molar-refractivity contribution < 1.29 is 18.9 Å². The van der Waals surface area contributed by atoms with Crippen molar-refractivity contribution in [3.63, 3.8) is 0 Å². The predicted octanol–water partition coefficient (Wildman–Crippen LogP) is 11.4. The second-order valence-corrected chi connectivity index (χ2v) is 23.0. The van der Waals surface area contributed by atoms with E-state index in [-0.39, 0.29) is 10.8 Å². The Morgan fingerprint density at radius 3 is 1.02 bits per heavy atom. The normalized spacial score (nSPS) is 13.0. The molecule has 44 heavy (non-hydrogen) atoms. The molecule has 0 radical (unpaired) electrons. The van der Waals surface area contributed by atoms with E-state index in [9.17, 15) is 0 Å². The van der Waals surface area contributed by atoms with E-state index < -0.39 is 19.0 Å². The summed E-state index contributed by atoms with van der Waals surface area (Å²) < 4.78 is 26.4. The van der Waals surface area contributed by atoms with Crippen molar-refractivity contribution >= 4 is 60.3 Å². The summed E-state index contributed by atoms with van der Waals surface area (Å²) >= 11 is 0. The number of hydrogen-bond donors (Lipinski definition) is 0. The molecular weight excluding hydrogens is 657 g/mol. The Kier molecular flexibility index (Phi) is 35.8. The lowest BCUT2D eigenvalue weighted by atomic mass is 10.3. The zero-order chi connectivity index (χ0) is 32.5. The standard InChI is InChI=1S/C34H74O4S4Si2/c1-7-13-19-31-43-33(35-25-15-9-3,36-26-16-10-4)23-21-29-39-41-42-40-30-22-24-34(37-27-17-11-5,38-28-18-12-6)44-32-20-14-8-2/h7-32,43-44H2,1-6H3. The van der Waals surface area contributed by atoms with Gasteiger partial charge in [0.25, 0.3) is 0 Å². The average molecular weight is 731 g/mol. The van der Waals surface area contributed by atoms with E-state index in [1.54, 1.807) is 0 Å². The van der Waals surface area contributed by atoms with Crippen LogP contribution in [0.15, 0.2) is 0 Å². The van der Waals surface area contributed by atoms with Crippen LogP contribution in [-0.4, -0.2) is 67.8 Å². The zero-order valence-corrected chi connectivity index (χ0v) is 36.2. The molecule has 0 aliphatic rings. The third-order valence-corrected chi connectivity index (χ3v) is 19.4. The molecule has 0 aromatic heterocycles. The molecule has 0 unspecified atom stereocenters. The topological polar surface area (TPSA) is 36.9 Å². The molecule has 0 rings (SSSR count). The lowest BCUT2D eigenvalue weighted by Crippen LogP contribution is -2.43. The Balaban J connectivity index is 4.64. The van der Waals surface area contributed by atoms with Crippen molar-refractivity contribution in [2.24, 2.45) is 0 Å². The highest BCUT2D eigenvalue weighted by molar-refractivity contribution is 9.26. The Bertz CT molecular complexity index is 513. The van der Waals surface area contributed by atoms with Gasteiger partial charge in [0.05, 0.1) is 19.0 Å². The summed E-state index contributed by atoms with van der Waals surface area (Å²) in [5, 5.41) is 0. The summed E-state index contributed by atoms with van der Waals surface area (Å²) in [5.74, 6) is 2.33. The van der Waals surface area contributed by atoms with Crippen LogP contribution >= 0.6 is 41.2 Å². The molecule has 0 saturated carbocycles. The molecule has 10 heteroatoms. The first-order valence-electron chi connectivity index (χ1n) is 18.7. The van der Waals surface area contributed by atoms with E-state index in [0.29, 0.717) is 0 Å². The fourth-order valence-corrected chi connectivity index (χ4v) is 15.7. The molecule has 0 heterocycles. The largest absolute Gasteiger partial charge is 0.354 e. The van der Waals surface area contributed by atoms with Crippen LogP contribution in [-0.2, 0) is 18.9 Å². The molecule has 0 aliphatic heterocycles. The van der Waals surface area contributed by atoms with Gasteiger partial charge in [-0.05, 0) is 71.0 Å². The van der Waals surface area contributed by atoms with Gasteiger partial charge in [-0.25, -0.2) is 0 Å². The van der Waals surface area contributed by atoms with Crippen LogP contribution in [0.4, 0.5) is 0 Å². The second kappa shape index (κ2) is 34.5. The van der Waals surface area contributed by atoms with Crippen LogP contribution in [0.1, 0.15) is 157 Å². The minimum atomic E-state index is -0.434. The van der Waals surface area contributed by atoms with Crippen molar-refractivity contribution in [1.29, 1.82) is 0 Å². The highest BCUT2D eigenvalue weighted by Crippen LogP contribution is 2.44. The zero-order valence-electron chi connectivity index (χ0n) is 30.1.